The fourth-order valence-electron chi connectivity index (χ4n) is 2.75. The number of thioether (sulfide) groups is 1. The van der Waals surface area contributed by atoms with Gasteiger partial charge in [-0.2, -0.15) is 4.68 Å². The fourth-order valence-corrected chi connectivity index (χ4v) is 3.36. The number of esters is 1. The van der Waals surface area contributed by atoms with Gasteiger partial charge in [0.1, 0.15) is 16.1 Å². The first-order chi connectivity index (χ1) is 14.1. The summed E-state index contributed by atoms with van der Waals surface area (Å²) in [4.78, 5) is 33.9. The van der Waals surface area contributed by atoms with Gasteiger partial charge in [-0.3, -0.25) is 4.79 Å². The van der Waals surface area contributed by atoms with Crippen molar-refractivity contribution >= 4 is 28.6 Å². The Kier molecular flexibility index (Phi) is 5.09. The highest BCUT2D eigenvalue weighted by atomic mass is 32.2. The van der Waals surface area contributed by atoms with Gasteiger partial charge in [-0.25, -0.2) is 14.8 Å². The highest BCUT2D eigenvalue weighted by Gasteiger charge is 2.21. The third-order valence-corrected chi connectivity index (χ3v) is 4.83. The molecule has 0 aliphatic heterocycles. The van der Waals surface area contributed by atoms with Gasteiger partial charge in [-0.05, 0) is 37.4 Å². The van der Waals surface area contributed by atoms with Crippen LogP contribution in [0.2, 0.25) is 0 Å². The lowest BCUT2D eigenvalue weighted by molar-refractivity contribution is 0.0329. The number of carbonyl (C=O) groups is 1. The molecular formula is C19H15N5O4S. The van der Waals surface area contributed by atoms with Crippen molar-refractivity contribution in [2.75, 3.05) is 6.26 Å². The van der Waals surface area contributed by atoms with Crippen LogP contribution in [-0.2, 0) is 11.5 Å². The van der Waals surface area contributed by atoms with Crippen LogP contribution in [0.25, 0.3) is 22.5 Å². The van der Waals surface area contributed by atoms with Gasteiger partial charge in [0.05, 0.1) is 17.3 Å². The van der Waals surface area contributed by atoms with Crippen molar-refractivity contribution in [1.82, 2.24) is 25.0 Å². The van der Waals surface area contributed by atoms with E-state index in [1.165, 1.54) is 18.0 Å². The number of ether oxygens (including phenoxy) is 1. The van der Waals surface area contributed by atoms with Gasteiger partial charge >= 0.3 is 5.97 Å². The van der Waals surface area contributed by atoms with Crippen LogP contribution in [0, 0.1) is 6.92 Å². The molecule has 1 aromatic carbocycles. The van der Waals surface area contributed by atoms with Gasteiger partial charge in [0.15, 0.2) is 18.3 Å². The number of furan rings is 1. The predicted molar refractivity (Wildman–Crippen MR) is 105 cm³/mol. The van der Waals surface area contributed by atoms with Crippen molar-refractivity contribution in [1.29, 1.82) is 0 Å². The normalized spacial score (nSPS) is 11.0. The first kappa shape index (κ1) is 18.8. The zero-order chi connectivity index (χ0) is 20.4. The number of hydrogen-bond donors (Lipinski definition) is 0. The minimum atomic E-state index is -0.653. The topological polar surface area (TPSA) is 113 Å². The predicted octanol–water partition coefficient (Wildman–Crippen LogP) is 2.69. The third-order valence-electron chi connectivity index (χ3n) is 4.14. The maximum Gasteiger partial charge on any atom is 0.344 e. The van der Waals surface area contributed by atoms with E-state index in [4.69, 9.17) is 9.15 Å². The van der Waals surface area contributed by atoms with Crippen LogP contribution >= 0.6 is 11.8 Å². The molecule has 0 atom stereocenters. The molecule has 0 aliphatic carbocycles. The van der Waals surface area contributed by atoms with E-state index < -0.39 is 11.5 Å². The molecule has 0 unspecified atom stereocenters. The summed E-state index contributed by atoms with van der Waals surface area (Å²) in [7, 11) is 0. The third kappa shape index (κ3) is 3.61. The van der Waals surface area contributed by atoms with E-state index in [0.29, 0.717) is 33.2 Å². The van der Waals surface area contributed by atoms with Gasteiger partial charge in [0.2, 0.25) is 0 Å². The molecule has 10 heteroatoms. The van der Waals surface area contributed by atoms with Gasteiger partial charge in [-0.15, -0.1) is 16.9 Å². The van der Waals surface area contributed by atoms with Crippen molar-refractivity contribution in [3.8, 4) is 11.6 Å². The van der Waals surface area contributed by atoms with Gasteiger partial charge in [0, 0.05) is 0 Å². The molecule has 0 amide bonds. The number of carbonyl (C=O) groups excluding carboxylic acids is 1. The van der Waals surface area contributed by atoms with Crippen molar-refractivity contribution in [3.05, 3.63) is 64.3 Å². The van der Waals surface area contributed by atoms with E-state index in [0.717, 1.165) is 4.68 Å². The molecule has 0 spiro atoms. The number of aryl methyl sites for hydroxylation is 1. The Balaban J connectivity index is 1.60. The van der Waals surface area contributed by atoms with Crippen LogP contribution in [-0.4, -0.2) is 37.2 Å². The minimum absolute atomic E-state index is 0.231. The molecule has 146 valence electrons. The molecule has 0 bridgehead atoms. The van der Waals surface area contributed by atoms with E-state index in [-0.39, 0.29) is 12.3 Å². The molecule has 4 rings (SSSR count). The average molecular weight is 409 g/mol. The van der Waals surface area contributed by atoms with E-state index in [2.05, 4.69) is 20.3 Å². The monoisotopic (exact) mass is 409 g/mol. The van der Waals surface area contributed by atoms with E-state index in [1.54, 1.807) is 49.6 Å². The SMILES string of the molecule is CSc1nc(-c2ccco2)nc(C)c1C(=O)OCn1nnc2ccccc2c1=O. The molecule has 3 aromatic heterocycles. The molecule has 3 heterocycles. The highest BCUT2D eigenvalue weighted by Crippen LogP contribution is 2.25. The molecule has 0 aliphatic rings. The second-order valence-electron chi connectivity index (χ2n) is 5.97. The number of fused-ring (bicyclic) bond motifs is 1. The summed E-state index contributed by atoms with van der Waals surface area (Å²) in [6.07, 6.45) is 3.32. The van der Waals surface area contributed by atoms with Crippen LogP contribution in [0.5, 0.6) is 0 Å². The standard InChI is InChI=1S/C19H15N5O4S/c1-11-15(17(29-2)21-16(20-11)14-8-5-9-27-14)19(26)28-10-24-18(25)12-6-3-4-7-13(12)22-23-24/h3-9H,10H2,1-2H3. The quantitative estimate of drug-likeness (QED) is 0.279. The molecular weight excluding hydrogens is 394 g/mol. The molecule has 0 saturated carbocycles. The lowest BCUT2D eigenvalue weighted by Gasteiger charge is -2.11. The van der Waals surface area contributed by atoms with Gasteiger partial charge < -0.3 is 9.15 Å². The Morgan fingerprint density at radius 1 is 1.21 bits per heavy atom. The Morgan fingerprint density at radius 2 is 2.03 bits per heavy atom. The highest BCUT2D eigenvalue weighted by molar-refractivity contribution is 7.98. The summed E-state index contributed by atoms with van der Waals surface area (Å²) < 4.78 is 11.6. The molecule has 0 fully saturated rings. The zero-order valence-corrected chi connectivity index (χ0v) is 16.3. The van der Waals surface area contributed by atoms with E-state index in [9.17, 15) is 9.59 Å². The molecule has 9 nitrogen and oxygen atoms in total. The summed E-state index contributed by atoms with van der Waals surface area (Å²) in [6.45, 7) is 1.31. The zero-order valence-electron chi connectivity index (χ0n) is 15.5. The first-order valence-electron chi connectivity index (χ1n) is 8.54. The van der Waals surface area contributed by atoms with Crippen LogP contribution in [0.3, 0.4) is 0 Å². The lowest BCUT2D eigenvalue weighted by Crippen LogP contribution is -2.27. The maximum absolute atomic E-state index is 12.7. The number of rotatable bonds is 5. The summed E-state index contributed by atoms with van der Waals surface area (Å²) in [5.74, 6) is 0.228. The lowest BCUT2D eigenvalue weighted by atomic mass is 10.2. The van der Waals surface area contributed by atoms with E-state index >= 15 is 0 Å². The number of benzene rings is 1. The largest absolute Gasteiger partial charge is 0.461 e. The Labute approximate surface area is 168 Å². The summed E-state index contributed by atoms with van der Waals surface area (Å²) in [6, 6.07) is 10.3. The molecule has 0 saturated heterocycles. The van der Waals surface area contributed by atoms with Crippen molar-refractivity contribution in [2.45, 2.75) is 18.7 Å². The number of hydrogen-bond acceptors (Lipinski definition) is 9. The maximum atomic E-state index is 12.7. The van der Waals surface area contributed by atoms with Crippen LogP contribution in [0.1, 0.15) is 16.1 Å². The van der Waals surface area contributed by atoms with E-state index in [1.807, 2.05) is 0 Å². The fraction of sp³-hybridized carbons (Fsp3) is 0.158. The first-order valence-corrected chi connectivity index (χ1v) is 9.77. The number of aromatic nitrogens is 5. The van der Waals surface area contributed by atoms with Crippen LogP contribution in [0.4, 0.5) is 0 Å². The summed E-state index contributed by atoms with van der Waals surface area (Å²) in [5, 5.41) is 8.62. The minimum Gasteiger partial charge on any atom is -0.461 e. The van der Waals surface area contributed by atoms with Crippen molar-refractivity contribution in [2.24, 2.45) is 0 Å². The average Bonchev–Trinajstić information content (AvgIpc) is 3.27. The molecule has 29 heavy (non-hydrogen) atoms. The molecule has 0 radical (unpaired) electrons. The second kappa shape index (κ2) is 7.84. The Hall–Kier alpha value is -3.53. The Bertz CT molecular complexity index is 1250. The molecule has 0 N–H and O–H groups in total. The summed E-state index contributed by atoms with van der Waals surface area (Å²) >= 11 is 1.29. The molecule has 4 aromatic rings. The smallest absolute Gasteiger partial charge is 0.344 e. The summed E-state index contributed by atoms with van der Waals surface area (Å²) in [5.41, 5.74) is 0.754. The van der Waals surface area contributed by atoms with Crippen molar-refractivity contribution in [3.63, 3.8) is 0 Å². The van der Waals surface area contributed by atoms with Crippen LogP contribution < -0.4 is 5.56 Å². The number of nitrogens with zero attached hydrogens (tertiary/aromatic N) is 5. The Morgan fingerprint density at radius 3 is 2.79 bits per heavy atom. The second-order valence-corrected chi connectivity index (χ2v) is 6.76. The van der Waals surface area contributed by atoms with Crippen LogP contribution in [0.15, 0.2) is 56.9 Å². The van der Waals surface area contributed by atoms with Gasteiger partial charge in [0.25, 0.3) is 5.56 Å². The van der Waals surface area contributed by atoms with Gasteiger partial charge in [-0.1, -0.05) is 17.3 Å². The van der Waals surface area contributed by atoms with Crippen molar-refractivity contribution < 1.29 is 13.9 Å².